The molecule has 0 radical (unpaired) electrons. The van der Waals surface area contributed by atoms with Crippen molar-refractivity contribution in [3.8, 4) is 6.07 Å². The van der Waals surface area contributed by atoms with Gasteiger partial charge in [-0.25, -0.2) is 0 Å². The van der Waals surface area contributed by atoms with Crippen molar-refractivity contribution in [1.82, 2.24) is 9.97 Å². The summed E-state index contributed by atoms with van der Waals surface area (Å²) in [7, 11) is 0. The molecule has 0 saturated heterocycles. The average molecular weight is 240 g/mol. The molecule has 0 aliphatic rings. The lowest BCUT2D eigenvalue weighted by Crippen LogP contribution is -1.99. The van der Waals surface area contributed by atoms with Crippen LogP contribution in [0.5, 0.6) is 0 Å². The van der Waals surface area contributed by atoms with Crippen LogP contribution in [0, 0.1) is 25.2 Å². The van der Waals surface area contributed by atoms with Crippen molar-refractivity contribution in [2.45, 2.75) is 20.4 Å². The second kappa shape index (κ2) is 7.15. The fourth-order valence-electron chi connectivity index (χ4n) is 1.34. The quantitative estimate of drug-likeness (QED) is 0.828. The second-order valence-electron chi connectivity index (χ2n) is 3.70. The number of aryl methyl sites for hydroxylation is 2. The molecule has 2 heterocycles. The van der Waals surface area contributed by atoms with Crippen molar-refractivity contribution < 1.29 is 0 Å². The van der Waals surface area contributed by atoms with Gasteiger partial charge in [0.15, 0.2) is 0 Å². The molecule has 0 fully saturated rings. The monoisotopic (exact) mass is 240 g/mol. The molecule has 0 aliphatic carbocycles. The van der Waals surface area contributed by atoms with E-state index in [4.69, 9.17) is 11.0 Å². The van der Waals surface area contributed by atoms with Crippen molar-refractivity contribution in [2.24, 2.45) is 5.73 Å². The van der Waals surface area contributed by atoms with Crippen LogP contribution in [0.1, 0.15) is 22.5 Å². The Bertz CT molecular complexity index is 537. The smallest absolute Gasteiger partial charge is 0.101 e. The Labute approximate surface area is 107 Å². The Morgan fingerprint density at radius 2 is 1.72 bits per heavy atom. The minimum atomic E-state index is 0.583. The van der Waals surface area contributed by atoms with Gasteiger partial charge in [-0.1, -0.05) is 6.07 Å². The topological polar surface area (TPSA) is 75.6 Å². The first-order chi connectivity index (χ1) is 8.69. The summed E-state index contributed by atoms with van der Waals surface area (Å²) < 4.78 is 0. The molecule has 4 nitrogen and oxygen atoms in total. The van der Waals surface area contributed by atoms with Gasteiger partial charge >= 0.3 is 0 Å². The highest BCUT2D eigenvalue weighted by atomic mass is 14.7. The Kier molecular flexibility index (Phi) is 5.49. The molecule has 0 bridgehead atoms. The normalized spacial score (nSPS) is 9.00. The van der Waals surface area contributed by atoms with Gasteiger partial charge in [-0.2, -0.15) is 5.26 Å². The van der Waals surface area contributed by atoms with Gasteiger partial charge in [0.1, 0.15) is 6.07 Å². The van der Waals surface area contributed by atoms with Crippen LogP contribution < -0.4 is 5.73 Å². The zero-order valence-corrected chi connectivity index (χ0v) is 10.6. The van der Waals surface area contributed by atoms with E-state index >= 15 is 0 Å². The number of hydrogen-bond acceptors (Lipinski definition) is 4. The molecular weight excluding hydrogens is 224 g/mol. The highest BCUT2D eigenvalue weighted by Crippen LogP contribution is 2.00. The lowest BCUT2D eigenvalue weighted by molar-refractivity contribution is 1.01. The maximum absolute atomic E-state index is 8.43. The van der Waals surface area contributed by atoms with Crippen LogP contribution in [0.25, 0.3) is 0 Å². The van der Waals surface area contributed by atoms with E-state index in [1.54, 1.807) is 24.5 Å². The molecule has 2 aromatic rings. The predicted molar refractivity (Wildman–Crippen MR) is 70.6 cm³/mol. The molecule has 2 aromatic heterocycles. The van der Waals surface area contributed by atoms with Gasteiger partial charge in [0.25, 0.3) is 0 Å². The summed E-state index contributed by atoms with van der Waals surface area (Å²) in [4.78, 5) is 8.00. The maximum atomic E-state index is 8.43. The van der Waals surface area contributed by atoms with Gasteiger partial charge in [0.05, 0.1) is 11.3 Å². The molecule has 0 aromatic carbocycles. The minimum absolute atomic E-state index is 0.583. The zero-order chi connectivity index (χ0) is 13.4. The highest BCUT2D eigenvalue weighted by molar-refractivity contribution is 5.31. The minimum Gasteiger partial charge on any atom is -0.326 e. The summed E-state index contributed by atoms with van der Waals surface area (Å²) in [6.45, 7) is 4.36. The molecule has 0 spiro atoms. The molecule has 0 amide bonds. The summed E-state index contributed by atoms with van der Waals surface area (Å²) >= 11 is 0. The molecule has 4 heteroatoms. The highest BCUT2D eigenvalue weighted by Gasteiger charge is 1.92. The first-order valence-corrected chi connectivity index (χ1v) is 5.61. The van der Waals surface area contributed by atoms with Crippen LogP contribution in [-0.2, 0) is 6.54 Å². The molecule has 2 rings (SSSR count). The Morgan fingerprint density at radius 1 is 1.11 bits per heavy atom. The van der Waals surface area contributed by atoms with E-state index in [0.29, 0.717) is 12.1 Å². The summed E-state index contributed by atoms with van der Waals surface area (Å²) in [5.41, 5.74) is 9.00. The van der Waals surface area contributed by atoms with Gasteiger partial charge < -0.3 is 5.73 Å². The molecule has 0 aliphatic heterocycles. The van der Waals surface area contributed by atoms with Gasteiger partial charge in [0, 0.05) is 24.6 Å². The van der Waals surface area contributed by atoms with Crippen LogP contribution in [0.3, 0.4) is 0 Å². The largest absolute Gasteiger partial charge is 0.326 e. The maximum Gasteiger partial charge on any atom is 0.101 e. The summed E-state index contributed by atoms with van der Waals surface area (Å²) in [6, 6.07) is 9.43. The number of nitrogens with zero attached hydrogens (tertiary/aromatic N) is 3. The molecule has 0 atom stereocenters. The SMILES string of the molecule is Cc1ncccc1C#N.Cc1ncccc1CN. The number of aromatic nitrogens is 2. The van der Waals surface area contributed by atoms with E-state index < -0.39 is 0 Å². The molecule has 0 saturated carbocycles. The van der Waals surface area contributed by atoms with E-state index in [0.717, 1.165) is 17.0 Å². The second-order valence-corrected chi connectivity index (χ2v) is 3.70. The number of pyridine rings is 2. The van der Waals surface area contributed by atoms with E-state index in [1.165, 1.54) is 0 Å². The van der Waals surface area contributed by atoms with Crippen molar-refractivity contribution in [3.05, 3.63) is 59.2 Å². The Hall–Kier alpha value is -2.25. The van der Waals surface area contributed by atoms with Crippen molar-refractivity contribution >= 4 is 0 Å². The Balaban J connectivity index is 0.000000180. The van der Waals surface area contributed by atoms with Crippen LogP contribution in [0.4, 0.5) is 0 Å². The van der Waals surface area contributed by atoms with Crippen LogP contribution in [0.15, 0.2) is 36.7 Å². The van der Waals surface area contributed by atoms with E-state index in [2.05, 4.69) is 9.97 Å². The van der Waals surface area contributed by atoms with E-state index in [-0.39, 0.29) is 0 Å². The first kappa shape index (κ1) is 13.8. The van der Waals surface area contributed by atoms with Crippen LogP contribution >= 0.6 is 0 Å². The van der Waals surface area contributed by atoms with E-state index in [9.17, 15) is 0 Å². The predicted octanol–water partition coefficient (Wildman–Crippen LogP) is 2.11. The van der Waals surface area contributed by atoms with Gasteiger partial charge in [-0.3, -0.25) is 9.97 Å². The number of nitriles is 1. The molecule has 2 N–H and O–H groups in total. The summed E-state index contributed by atoms with van der Waals surface area (Å²) in [5.74, 6) is 0. The lowest BCUT2D eigenvalue weighted by atomic mass is 10.2. The fraction of sp³-hybridized carbons (Fsp3) is 0.214. The molecular formula is C14H16N4. The number of nitrogens with two attached hydrogens (primary N) is 1. The van der Waals surface area contributed by atoms with Gasteiger partial charge in [0.2, 0.25) is 0 Å². The Morgan fingerprint density at radius 3 is 2.11 bits per heavy atom. The molecule has 92 valence electrons. The molecule has 18 heavy (non-hydrogen) atoms. The number of hydrogen-bond donors (Lipinski definition) is 1. The van der Waals surface area contributed by atoms with Crippen molar-refractivity contribution in [1.29, 1.82) is 5.26 Å². The lowest BCUT2D eigenvalue weighted by Gasteiger charge is -1.97. The third kappa shape index (κ3) is 3.96. The van der Waals surface area contributed by atoms with Crippen molar-refractivity contribution in [2.75, 3.05) is 0 Å². The van der Waals surface area contributed by atoms with Gasteiger partial charge in [-0.05, 0) is 37.6 Å². The fourth-order valence-corrected chi connectivity index (χ4v) is 1.34. The standard InChI is InChI=1S/C7H10N2.C7H6N2/c2*1-6-7(5-8)3-2-4-9-6/h2-4H,5,8H2,1H3;2-4H,1H3. The zero-order valence-electron chi connectivity index (χ0n) is 10.6. The van der Waals surface area contributed by atoms with Crippen molar-refractivity contribution in [3.63, 3.8) is 0 Å². The summed E-state index contributed by atoms with van der Waals surface area (Å²) in [5, 5.41) is 8.43. The molecule has 0 unspecified atom stereocenters. The van der Waals surface area contributed by atoms with Gasteiger partial charge in [-0.15, -0.1) is 0 Å². The van der Waals surface area contributed by atoms with Crippen LogP contribution in [-0.4, -0.2) is 9.97 Å². The summed E-state index contributed by atoms with van der Waals surface area (Å²) in [6.07, 6.45) is 3.45. The third-order valence-corrected chi connectivity index (χ3v) is 2.46. The van der Waals surface area contributed by atoms with Crippen LogP contribution in [0.2, 0.25) is 0 Å². The number of rotatable bonds is 1. The third-order valence-electron chi connectivity index (χ3n) is 2.46. The van der Waals surface area contributed by atoms with E-state index in [1.807, 2.05) is 32.0 Å². The first-order valence-electron chi connectivity index (χ1n) is 5.61. The average Bonchev–Trinajstić information content (AvgIpc) is 2.41.